The third-order valence-electron chi connectivity index (χ3n) is 5.05. The molecule has 0 spiro atoms. The van der Waals surface area contributed by atoms with E-state index in [4.69, 9.17) is 11.6 Å². The Bertz CT molecular complexity index is 969. The second kappa shape index (κ2) is 7.08. The van der Waals surface area contributed by atoms with Gasteiger partial charge in [0.15, 0.2) is 0 Å². The number of halogens is 1. The normalized spacial score (nSPS) is 18.9. The van der Waals surface area contributed by atoms with Crippen molar-refractivity contribution in [3.8, 4) is 11.3 Å². The van der Waals surface area contributed by atoms with Crippen molar-refractivity contribution in [3.63, 3.8) is 0 Å². The maximum atomic E-state index is 13.0. The molecule has 4 rings (SSSR count). The third kappa shape index (κ3) is 3.30. The van der Waals surface area contributed by atoms with E-state index in [1.54, 1.807) is 12.1 Å². The molecule has 1 aliphatic heterocycles. The van der Waals surface area contributed by atoms with Gasteiger partial charge in [-0.15, -0.1) is 0 Å². The Kier molecular flexibility index (Phi) is 4.62. The van der Waals surface area contributed by atoms with Crippen molar-refractivity contribution in [2.75, 3.05) is 5.32 Å². The van der Waals surface area contributed by atoms with Gasteiger partial charge in [0, 0.05) is 40.0 Å². The summed E-state index contributed by atoms with van der Waals surface area (Å²) >= 11 is 6.04. The number of anilines is 1. The van der Waals surface area contributed by atoms with Gasteiger partial charge in [0.05, 0.1) is 11.7 Å². The number of carbonyl (C=O) groups is 1. The highest BCUT2D eigenvalue weighted by molar-refractivity contribution is 6.30. The topological polar surface area (TPSA) is 61.0 Å². The molecule has 3 aromatic rings. The molecule has 0 aliphatic carbocycles. The second-order valence-corrected chi connectivity index (χ2v) is 7.34. The van der Waals surface area contributed by atoms with Crippen LogP contribution in [0.2, 0.25) is 5.02 Å². The van der Waals surface area contributed by atoms with E-state index >= 15 is 0 Å². The van der Waals surface area contributed by atoms with Crippen LogP contribution in [0.1, 0.15) is 31.1 Å². The van der Waals surface area contributed by atoms with Gasteiger partial charge in [0.1, 0.15) is 0 Å². The van der Waals surface area contributed by atoms with Crippen LogP contribution in [0, 0.1) is 0 Å². The maximum Gasteiger partial charge on any atom is 0.322 e. The fourth-order valence-electron chi connectivity index (χ4n) is 3.85. The third-order valence-corrected chi connectivity index (χ3v) is 5.29. The zero-order valence-electron chi connectivity index (χ0n) is 15.2. The Morgan fingerprint density at radius 3 is 2.70 bits per heavy atom. The van der Waals surface area contributed by atoms with E-state index < -0.39 is 0 Å². The number of hydrogen-bond acceptors (Lipinski definition) is 2. The molecule has 6 heteroatoms. The van der Waals surface area contributed by atoms with E-state index in [9.17, 15) is 4.79 Å². The highest BCUT2D eigenvalue weighted by atomic mass is 35.5. The number of aromatic amines is 1. The Hall–Kier alpha value is -2.79. The van der Waals surface area contributed by atoms with E-state index in [2.05, 4.69) is 22.4 Å². The number of amides is 2. The van der Waals surface area contributed by atoms with Crippen LogP contribution in [0.25, 0.3) is 11.3 Å². The number of nitrogens with one attached hydrogen (secondary N) is 2. The summed E-state index contributed by atoms with van der Waals surface area (Å²) in [5.74, 6) is 0. The first-order valence-electron chi connectivity index (χ1n) is 9.02. The lowest BCUT2D eigenvalue weighted by atomic mass is 9.91. The predicted molar refractivity (Wildman–Crippen MR) is 108 cm³/mol. The van der Waals surface area contributed by atoms with Gasteiger partial charge in [-0.3, -0.25) is 5.10 Å². The summed E-state index contributed by atoms with van der Waals surface area (Å²) in [4.78, 5) is 14.9. The minimum atomic E-state index is -0.136. The first-order valence-corrected chi connectivity index (χ1v) is 9.40. The van der Waals surface area contributed by atoms with Gasteiger partial charge in [0.25, 0.3) is 0 Å². The molecule has 5 nitrogen and oxygen atoms in total. The summed E-state index contributed by atoms with van der Waals surface area (Å²) in [7, 11) is 0. The van der Waals surface area contributed by atoms with Crippen LogP contribution in [0.3, 0.4) is 0 Å². The Labute approximate surface area is 163 Å². The minimum absolute atomic E-state index is 0.0516. The lowest BCUT2D eigenvalue weighted by Crippen LogP contribution is -2.47. The van der Waals surface area contributed by atoms with E-state index in [1.807, 2.05) is 54.3 Å². The quantitative estimate of drug-likeness (QED) is 0.636. The standard InChI is InChI=1S/C21H21ClN4O/c1-13-11-18-19(20(25-24-18)15-7-4-3-5-8-15)14(2)26(13)21(27)23-17-10-6-9-16(22)12-17/h3-10,12-14H,11H2,1-2H3,(H,23,27)(H,24,25). The number of rotatable bonds is 2. The summed E-state index contributed by atoms with van der Waals surface area (Å²) in [6.07, 6.45) is 0.739. The van der Waals surface area contributed by atoms with Crippen molar-refractivity contribution in [3.05, 3.63) is 70.9 Å². The van der Waals surface area contributed by atoms with Crippen molar-refractivity contribution in [1.29, 1.82) is 0 Å². The monoisotopic (exact) mass is 380 g/mol. The van der Waals surface area contributed by atoms with Crippen LogP contribution in [0.4, 0.5) is 10.5 Å². The molecule has 2 heterocycles. The number of urea groups is 1. The van der Waals surface area contributed by atoms with Gasteiger partial charge < -0.3 is 10.2 Å². The van der Waals surface area contributed by atoms with Gasteiger partial charge in [-0.25, -0.2) is 4.79 Å². The maximum absolute atomic E-state index is 13.0. The van der Waals surface area contributed by atoms with Crippen LogP contribution >= 0.6 is 11.6 Å². The molecule has 1 aliphatic rings. The SMILES string of the molecule is CC1Cc2[nH]nc(-c3ccccc3)c2C(C)N1C(=O)Nc1cccc(Cl)c1. The molecule has 0 radical (unpaired) electrons. The summed E-state index contributed by atoms with van der Waals surface area (Å²) < 4.78 is 0. The summed E-state index contributed by atoms with van der Waals surface area (Å²) in [5.41, 5.74) is 4.83. The summed E-state index contributed by atoms with van der Waals surface area (Å²) in [5, 5.41) is 11.3. The molecular formula is C21H21ClN4O. The Morgan fingerprint density at radius 2 is 1.96 bits per heavy atom. The molecule has 2 atom stereocenters. The molecule has 0 saturated carbocycles. The zero-order chi connectivity index (χ0) is 19.0. The number of aromatic nitrogens is 2. The van der Waals surface area contributed by atoms with Crippen molar-refractivity contribution < 1.29 is 4.79 Å². The van der Waals surface area contributed by atoms with Gasteiger partial charge in [-0.05, 0) is 32.0 Å². The van der Waals surface area contributed by atoms with Gasteiger partial charge in [-0.1, -0.05) is 48.0 Å². The zero-order valence-corrected chi connectivity index (χ0v) is 16.0. The largest absolute Gasteiger partial charge is 0.322 e. The van der Waals surface area contributed by atoms with E-state index in [0.29, 0.717) is 10.7 Å². The average molecular weight is 381 g/mol. The van der Waals surface area contributed by atoms with Crippen LogP contribution in [0.5, 0.6) is 0 Å². The molecule has 0 bridgehead atoms. The number of nitrogens with zero attached hydrogens (tertiary/aromatic N) is 2. The predicted octanol–water partition coefficient (Wildman–Crippen LogP) is 5.27. The van der Waals surface area contributed by atoms with Crippen molar-refractivity contribution >= 4 is 23.3 Å². The molecule has 0 fully saturated rings. The van der Waals surface area contributed by atoms with Crippen molar-refractivity contribution in [2.24, 2.45) is 0 Å². The van der Waals surface area contributed by atoms with Crippen LogP contribution in [-0.2, 0) is 6.42 Å². The molecule has 2 amide bonds. The molecular weight excluding hydrogens is 360 g/mol. The molecule has 138 valence electrons. The first kappa shape index (κ1) is 17.6. The highest BCUT2D eigenvalue weighted by Crippen LogP contribution is 2.38. The van der Waals surface area contributed by atoms with Crippen LogP contribution in [0.15, 0.2) is 54.6 Å². The number of H-pyrrole nitrogens is 1. The van der Waals surface area contributed by atoms with Crippen molar-refractivity contribution in [1.82, 2.24) is 15.1 Å². The number of benzene rings is 2. The lowest BCUT2D eigenvalue weighted by molar-refractivity contribution is 0.158. The van der Waals surface area contributed by atoms with E-state index in [-0.39, 0.29) is 18.1 Å². The Morgan fingerprint density at radius 1 is 1.19 bits per heavy atom. The summed E-state index contributed by atoms with van der Waals surface area (Å²) in [6, 6.07) is 17.1. The fourth-order valence-corrected chi connectivity index (χ4v) is 4.04. The lowest BCUT2D eigenvalue weighted by Gasteiger charge is -2.39. The fraction of sp³-hybridized carbons (Fsp3) is 0.238. The molecule has 27 heavy (non-hydrogen) atoms. The van der Waals surface area contributed by atoms with E-state index in [1.165, 1.54) is 0 Å². The second-order valence-electron chi connectivity index (χ2n) is 6.91. The number of carbonyl (C=O) groups excluding carboxylic acids is 1. The molecule has 1 aromatic heterocycles. The first-order chi connectivity index (χ1) is 13.0. The Balaban J connectivity index is 1.65. The minimum Gasteiger partial charge on any atom is -0.315 e. The number of hydrogen-bond donors (Lipinski definition) is 2. The van der Waals surface area contributed by atoms with Crippen LogP contribution < -0.4 is 5.32 Å². The molecule has 2 N–H and O–H groups in total. The van der Waals surface area contributed by atoms with Gasteiger partial charge in [-0.2, -0.15) is 5.10 Å². The smallest absolute Gasteiger partial charge is 0.315 e. The van der Waals surface area contributed by atoms with Crippen LogP contribution in [-0.4, -0.2) is 27.2 Å². The molecule has 0 saturated heterocycles. The highest BCUT2D eigenvalue weighted by Gasteiger charge is 2.36. The van der Waals surface area contributed by atoms with Gasteiger partial charge >= 0.3 is 6.03 Å². The van der Waals surface area contributed by atoms with Gasteiger partial charge in [0.2, 0.25) is 0 Å². The molecule has 2 unspecified atom stereocenters. The van der Waals surface area contributed by atoms with Crippen molar-refractivity contribution in [2.45, 2.75) is 32.4 Å². The van der Waals surface area contributed by atoms with E-state index in [0.717, 1.165) is 28.9 Å². The number of fused-ring (bicyclic) bond motifs is 1. The molecule has 2 aromatic carbocycles. The summed E-state index contributed by atoms with van der Waals surface area (Å²) in [6.45, 7) is 4.11. The average Bonchev–Trinajstić information content (AvgIpc) is 3.06.